The SMILES string of the molecule is CCCn1nncc1C#CC(N)CC. The summed E-state index contributed by atoms with van der Waals surface area (Å²) >= 11 is 0. The Balaban J connectivity index is 2.73. The molecule has 14 heavy (non-hydrogen) atoms. The van der Waals surface area contributed by atoms with Crippen LogP contribution < -0.4 is 5.73 Å². The molecule has 1 aromatic heterocycles. The van der Waals surface area contributed by atoms with Gasteiger partial charge in [-0.25, -0.2) is 4.68 Å². The number of hydrogen-bond acceptors (Lipinski definition) is 3. The van der Waals surface area contributed by atoms with Crippen molar-refractivity contribution in [2.45, 2.75) is 39.3 Å². The second-order valence-electron chi connectivity index (χ2n) is 3.13. The summed E-state index contributed by atoms with van der Waals surface area (Å²) in [6, 6.07) is -0.0556. The van der Waals surface area contributed by atoms with Gasteiger partial charge < -0.3 is 5.73 Å². The van der Waals surface area contributed by atoms with Gasteiger partial charge in [0.1, 0.15) is 5.69 Å². The van der Waals surface area contributed by atoms with E-state index in [-0.39, 0.29) is 6.04 Å². The smallest absolute Gasteiger partial charge is 0.131 e. The number of rotatable bonds is 3. The molecule has 76 valence electrons. The number of nitrogens with zero attached hydrogens (tertiary/aromatic N) is 3. The van der Waals surface area contributed by atoms with E-state index >= 15 is 0 Å². The summed E-state index contributed by atoms with van der Waals surface area (Å²) < 4.78 is 1.80. The Morgan fingerprint density at radius 2 is 2.36 bits per heavy atom. The molecule has 4 nitrogen and oxygen atoms in total. The van der Waals surface area contributed by atoms with E-state index in [4.69, 9.17) is 5.73 Å². The van der Waals surface area contributed by atoms with E-state index in [0.29, 0.717) is 0 Å². The van der Waals surface area contributed by atoms with Crippen molar-refractivity contribution >= 4 is 0 Å². The standard InChI is InChI=1S/C10H16N4/c1-3-7-14-10(8-12-13-14)6-5-9(11)4-2/h8-9H,3-4,7,11H2,1-2H3. The molecule has 1 atom stereocenters. The first-order valence-electron chi connectivity index (χ1n) is 4.93. The maximum atomic E-state index is 5.69. The third-order valence-electron chi connectivity index (χ3n) is 1.88. The Kier molecular flexibility index (Phi) is 4.14. The van der Waals surface area contributed by atoms with Gasteiger partial charge in [0.05, 0.1) is 12.2 Å². The maximum Gasteiger partial charge on any atom is 0.131 e. The third-order valence-corrected chi connectivity index (χ3v) is 1.88. The van der Waals surface area contributed by atoms with Gasteiger partial charge in [-0.05, 0) is 18.8 Å². The molecule has 4 heteroatoms. The third kappa shape index (κ3) is 2.86. The zero-order chi connectivity index (χ0) is 10.4. The summed E-state index contributed by atoms with van der Waals surface area (Å²) in [7, 11) is 0. The van der Waals surface area contributed by atoms with Crippen molar-refractivity contribution < 1.29 is 0 Å². The van der Waals surface area contributed by atoms with Gasteiger partial charge in [0.15, 0.2) is 0 Å². The summed E-state index contributed by atoms with van der Waals surface area (Å²) in [5, 5.41) is 7.75. The van der Waals surface area contributed by atoms with Crippen molar-refractivity contribution in [3.63, 3.8) is 0 Å². The summed E-state index contributed by atoms with van der Waals surface area (Å²) in [5.41, 5.74) is 6.53. The molecule has 1 unspecified atom stereocenters. The van der Waals surface area contributed by atoms with Crippen LogP contribution in [0.3, 0.4) is 0 Å². The highest BCUT2D eigenvalue weighted by Crippen LogP contribution is 1.95. The van der Waals surface area contributed by atoms with Gasteiger partial charge in [0, 0.05) is 6.54 Å². The minimum Gasteiger partial charge on any atom is -0.318 e. The van der Waals surface area contributed by atoms with E-state index in [1.54, 1.807) is 10.9 Å². The van der Waals surface area contributed by atoms with Gasteiger partial charge in [0.25, 0.3) is 0 Å². The summed E-state index contributed by atoms with van der Waals surface area (Å²) in [6.45, 7) is 4.96. The zero-order valence-electron chi connectivity index (χ0n) is 8.70. The number of aryl methyl sites for hydroxylation is 1. The van der Waals surface area contributed by atoms with Gasteiger partial charge in [-0.3, -0.25) is 0 Å². The van der Waals surface area contributed by atoms with E-state index in [2.05, 4.69) is 29.1 Å². The molecule has 0 saturated heterocycles. The van der Waals surface area contributed by atoms with E-state index in [1.165, 1.54) is 0 Å². The molecule has 0 aliphatic heterocycles. The summed E-state index contributed by atoms with van der Waals surface area (Å²) in [4.78, 5) is 0. The molecule has 0 radical (unpaired) electrons. The highest BCUT2D eigenvalue weighted by Gasteiger charge is 1.98. The second-order valence-corrected chi connectivity index (χ2v) is 3.13. The Bertz CT molecular complexity index is 331. The Labute approximate surface area is 84.5 Å². The molecule has 0 aromatic carbocycles. The number of aromatic nitrogens is 3. The summed E-state index contributed by atoms with van der Waals surface area (Å²) in [6.07, 6.45) is 3.56. The van der Waals surface area contributed by atoms with Gasteiger partial charge in [-0.1, -0.05) is 25.0 Å². The van der Waals surface area contributed by atoms with Crippen LogP contribution in [0.15, 0.2) is 6.20 Å². The average molecular weight is 192 g/mol. The molecule has 0 saturated carbocycles. The fraction of sp³-hybridized carbons (Fsp3) is 0.600. The van der Waals surface area contributed by atoms with Crippen LogP contribution in [0.25, 0.3) is 0 Å². The Hall–Kier alpha value is -1.34. The van der Waals surface area contributed by atoms with Crippen molar-refractivity contribution in [2.75, 3.05) is 0 Å². The van der Waals surface area contributed by atoms with Crippen molar-refractivity contribution in [2.24, 2.45) is 5.73 Å². The predicted molar refractivity (Wildman–Crippen MR) is 55.5 cm³/mol. The maximum absolute atomic E-state index is 5.69. The molecule has 0 amide bonds. The molecule has 0 aliphatic rings. The fourth-order valence-electron chi connectivity index (χ4n) is 1.00. The monoisotopic (exact) mass is 192 g/mol. The molecule has 2 N–H and O–H groups in total. The zero-order valence-corrected chi connectivity index (χ0v) is 8.70. The van der Waals surface area contributed by atoms with Crippen LogP contribution in [-0.2, 0) is 6.54 Å². The molecule has 0 aliphatic carbocycles. The van der Waals surface area contributed by atoms with Gasteiger partial charge in [-0.2, -0.15) is 0 Å². The van der Waals surface area contributed by atoms with Gasteiger partial charge in [0.2, 0.25) is 0 Å². The average Bonchev–Trinajstić information content (AvgIpc) is 2.62. The predicted octanol–water partition coefficient (Wildman–Crippen LogP) is 0.777. The lowest BCUT2D eigenvalue weighted by atomic mass is 10.2. The number of hydrogen-bond donors (Lipinski definition) is 1. The highest BCUT2D eigenvalue weighted by molar-refractivity contribution is 5.26. The van der Waals surface area contributed by atoms with Crippen molar-refractivity contribution in [1.29, 1.82) is 0 Å². The second kappa shape index (κ2) is 5.40. The Morgan fingerprint density at radius 3 is 3.00 bits per heavy atom. The van der Waals surface area contributed by atoms with Gasteiger partial charge >= 0.3 is 0 Å². The Morgan fingerprint density at radius 1 is 1.57 bits per heavy atom. The number of nitrogens with two attached hydrogens (primary N) is 1. The molecular formula is C10H16N4. The van der Waals surface area contributed by atoms with Crippen molar-refractivity contribution in [1.82, 2.24) is 15.0 Å². The van der Waals surface area contributed by atoms with Crippen LogP contribution in [0.5, 0.6) is 0 Å². The largest absolute Gasteiger partial charge is 0.318 e. The molecule has 0 fully saturated rings. The van der Waals surface area contributed by atoms with Gasteiger partial charge in [-0.15, -0.1) is 5.10 Å². The van der Waals surface area contributed by atoms with Crippen LogP contribution in [0.1, 0.15) is 32.4 Å². The van der Waals surface area contributed by atoms with Crippen molar-refractivity contribution in [3.8, 4) is 11.8 Å². The quantitative estimate of drug-likeness (QED) is 0.720. The molecule has 0 bridgehead atoms. The van der Waals surface area contributed by atoms with E-state index in [1.807, 2.05) is 6.92 Å². The lowest BCUT2D eigenvalue weighted by Gasteiger charge is -1.98. The fourth-order valence-corrected chi connectivity index (χ4v) is 1.00. The minimum absolute atomic E-state index is 0.0556. The molecular weight excluding hydrogens is 176 g/mol. The first kappa shape index (κ1) is 10.7. The van der Waals surface area contributed by atoms with Crippen LogP contribution in [0.2, 0.25) is 0 Å². The van der Waals surface area contributed by atoms with Crippen LogP contribution in [0.4, 0.5) is 0 Å². The minimum atomic E-state index is -0.0556. The molecule has 1 aromatic rings. The molecule has 1 heterocycles. The van der Waals surface area contributed by atoms with E-state index in [0.717, 1.165) is 25.1 Å². The topological polar surface area (TPSA) is 56.7 Å². The van der Waals surface area contributed by atoms with Crippen molar-refractivity contribution in [3.05, 3.63) is 11.9 Å². The lowest BCUT2D eigenvalue weighted by Crippen LogP contribution is -2.15. The van der Waals surface area contributed by atoms with E-state index in [9.17, 15) is 0 Å². The summed E-state index contributed by atoms with van der Waals surface area (Å²) in [5.74, 6) is 5.95. The normalized spacial score (nSPS) is 11.9. The van der Waals surface area contributed by atoms with Crippen LogP contribution >= 0.6 is 0 Å². The first-order chi connectivity index (χ1) is 6.77. The van der Waals surface area contributed by atoms with Crippen LogP contribution in [-0.4, -0.2) is 21.0 Å². The lowest BCUT2D eigenvalue weighted by molar-refractivity contribution is 0.574. The molecule has 0 spiro atoms. The van der Waals surface area contributed by atoms with Crippen LogP contribution in [0, 0.1) is 11.8 Å². The van der Waals surface area contributed by atoms with E-state index < -0.39 is 0 Å². The molecule has 1 rings (SSSR count). The first-order valence-corrected chi connectivity index (χ1v) is 4.93. The highest BCUT2D eigenvalue weighted by atomic mass is 15.4.